The molecule has 1 aliphatic rings. The van der Waals surface area contributed by atoms with Gasteiger partial charge < -0.3 is 15.7 Å². The summed E-state index contributed by atoms with van der Waals surface area (Å²) in [4.78, 5) is 22.5. The minimum Gasteiger partial charge on any atom is -0.481 e. The van der Waals surface area contributed by atoms with E-state index in [1.54, 1.807) is 13.8 Å². The van der Waals surface area contributed by atoms with Gasteiger partial charge in [-0.05, 0) is 33.2 Å². The normalized spacial score (nSPS) is 24.5. The number of amides is 1. The zero-order valence-corrected chi connectivity index (χ0v) is 9.82. The zero-order valence-electron chi connectivity index (χ0n) is 9.82. The van der Waals surface area contributed by atoms with Crippen molar-refractivity contribution in [1.82, 2.24) is 10.6 Å². The third kappa shape index (κ3) is 3.48. The van der Waals surface area contributed by atoms with Crippen LogP contribution in [0.2, 0.25) is 0 Å². The Morgan fingerprint density at radius 1 is 1.38 bits per heavy atom. The van der Waals surface area contributed by atoms with Gasteiger partial charge in [0.2, 0.25) is 5.91 Å². The molecule has 0 aromatic rings. The molecule has 16 heavy (non-hydrogen) atoms. The maximum atomic E-state index is 11.8. The molecule has 5 heteroatoms. The molecule has 0 aliphatic carbocycles. The second kappa shape index (κ2) is 5.84. The maximum absolute atomic E-state index is 11.8. The third-order valence-corrected chi connectivity index (χ3v) is 3.14. The smallest absolute Gasteiger partial charge is 0.308 e. The molecule has 0 radical (unpaired) electrons. The summed E-state index contributed by atoms with van der Waals surface area (Å²) in [6.45, 7) is 4.18. The first kappa shape index (κ1) is 13.0. The summed E-state index contributed by atoms with van der Waals surface area (Å²) >= 11 is 0. The van der Waals surface area contributed by atoms with Crippen LogP contribution in [0.5, 0.6) is 0 Å². The van der Waals surface area contributed by atoms with Crippen LogP contribution in [0.4, 0.5) is 0 Å². The van der Waals surface area contributed by atoms with Crippen molar-refractivity contribution in [2.45, 2.75) is 45.2 Å². The van der Waals surface area contributed by atoms with Crippen LogP contribution in [-0.4, -0.2) is 35.6 Å². The second-order valence-corrected chi connectivity index (χ2v) is 4.43. The Hall–Kier alpha value is -1.10. The lowest BCUT2D eigenvalue weighted by Crippen LogP contribution is -2.51. The van der Waals surface area contributed by atoms with Crippen LogP contribution in [0.15, 0.2) is 0 Å². The first-order chi connectivity index (χ1) is 7.52. The first-order valence-electron chi connectivity index (χ1n) is 5.79. The van der Waals surface area contributed by atoms with E-state index < -0.39 is 11.9 Å². The van der Waals surface area contributed by atoms with Gasteiger partial charge in [-0.1, -0.05) is 6.42 Å². The fourth-order valence-corrected chi connectivity index (χ4v) is 1.74. The molecular weight excluding hydrogens is 208 g/mol. The predicted molar refractivity (Wildman–Crippen MR) is 60.0 cm³/mol. The summed E-state index contributed by atoms with van der Waals surface area (Å²) in [7, 11) is 0. The van der Waals surface area contributed by atoms with Crippen molar-refractivity contribution in [1.29, 1.82) is 0 Å². The molecule has 92 valence electrons. The average molecular weight is 228 g/mol. The highest BCUT2D eigenvalue weighted by molar-refractivity contribution is 5.82. The molecule has 1 amide bonds. The van der Waals surface area contributed by atoms with Gasteiger partial charge in [0.05, 0.1) is 12.0 Å². The number of aliphatic carboxylic acids is 1. The number of carboxylic acid groups (broad SMARTS) is 1. The van der Waals surface area contributed by atoms with E-state index in [2.05, 4.69) is 10.6 Å². The highest BCUT2D eigenvalue weighted by Gasteiger charge is 2.25. The number of carbonyl (C=O) groups is 2. The van der Waals surface area contributed by atoms with Gasteiger partial charge in [0.15, 0.2) is 0 Å². The monoisotopic (exact) mass is 228 g/mol. The summed E-state index contributed by atoms with van der Waals surface area (Å²) in [5.74, 6) is -1.53. The Morgan fingerprint density at radius 2 is 2.06 bits per heavy atom. The summed E-state index contributed by atoms with van der Waals surface area (Å²) in [5, 5.41) is 14.7. The number of nitrogens with one attached hydrogen (secondary N) is 2. The van der Waals surface area contributed by atoms with Crippen molar-refractivity contribution in [3.8, 4) is 0 Å². The molecule has 0 spiro atoms. The number of carbonyl (C=O) groups excluding carboxylic acids is 1. The highest BCUT2D eigenvalue weighted by atomic mass is 16.4. The summed E-state index contributed by atoms with van der Waals surface area (Å²) in [5.41, 5.74) is 0. The Kier molecular flexibility index (Phi) is 4.73. The minimum atomic E-state index is -0.885. The maximum Gasteiger partial charge on any atom is 0.308 e. The van der Waals surface area contributed by atoms with Gasteiger partial charge in [0.25, 0.3) is 0 Å². The Balaban J connectivity index is 2.40. The minimum absolute atomic E-state index is 0.0831. The molecule has 0 bridgehead atoms. The van der Waals surface area contributed by atoms with E-state index in [0.29, 0.717) is 0 Å². The van der Waals surface area contributed by atoms with Gasteiger partial charge in [-0.2, -0.15) is 0 Å². The molecule has 3 atom stereocenters. The molecule has 1 fully saturated rings. The first-order valence-corrected chi connectivity index (χ1v) is 5.79. The second-order valence-electron chi connectivity index (χ2n) is 4.43. The zero-order chi connectivity index (χ0) is 12.1. The predicted octanol–water partition coefficient (Wildman–Crippen LogP) is 0.354. The lowest BCUT2D eigenvalue weighted by Gasteiger charge is -2.25. The standard InChI is InChI=1S/C11H20N2O3/c1-7(11(15)16)8(2)13-10(14)9-5-3-4-6-12-9/h7-9,12H,3-6H2,1-2H3,(H,13,14)(H,15,16)/t7?,8?,9-/m1/s1. The molecule has 0 aromatic carbocycles. The molecule has 5 nitrogen and oxygen atoms in total. The Labute approximate surface area is 95.6 Å². The summed E-state index contributed by atoms with van der Waals surface area (Å²) < 4.78 is 0. The van der Waals surface area contributed by atoms with Gasteiger partial charge >= 0.3 is 5.97 Å². The van der Waals surface area contributed by atoms with Gasteiger partial charge in [0.1, 0.15) is 0 Å². The molecule has 0 saturated carbocycles. The van der Waals surface area contributed by atoms with Crippen molar-refractivity contribution < 1.29 is 14.7 Å². The summed E-state index contributed by atoms with van der Waals surface area (Å²) in [6.07, 6.45) is 2.98. The van der Waals surface area contributed by atoms with Gasteiger partial charge in [0, 0.05) is 6.04 Å². The number of piperidine rings is 1. The average Bonchev–Trinajstić information content (AvgIpc) is 2.28. The van der Waals surface area contributed by atoms with Gasteiger partial charge in [-0.15, -0.1) is 0 Å². The molecule has 1 aliphatic heterocycles. The van der Waals surface area contributed by atoms with Crippen molar-refractivity contribution in [3.05, 3.63) is 0 Å². The number of hydrogen-bond donors (Lipinski definition) is 3. The van der Waals surface area contributed by atoms with Crippen LogP contribution in [0.25, 0.3) is 0 Å². The van der Waals surface area contributed by atoms with Crippen LogP contribution in [-0.2, 0) is 9.59 Å². The van der Waals surface area contributed by atoms with Crippen LogP contribution in [0.1, 0.15) is 33.1 Å². The Morgan fingerprint density at radius 3 is 2.56 bits per heavy atom. The molecule has 1 rings (SSSR count). The number of carboxylic acids is 1. The highest BCUT2D eigenvalue weighted by Crippen LogP contribution is 2.08. The third-order valence-electron chi connectivity index (χ3n) is 3.14. The number of hydrogen-bond acceptors (Lipinski definition) is 3. The van der Waals surface area contributed by atoms with E-state index in [0.717, 1.165) is 25.8 Å². The van der Waals surface area contributed by atoms with E-state index in [1.807, 2.05) is 0 Å². The lowest BCUT2D eigenvalue weighted by molar-refractivity contribution is -0.142. The molecule has 2 unspecified atom stereocenters. The van der Waals surface area contributed by atoms with E-state index in [1.165, 1.54) is 0 Å². The summed E-state index contributed by atoms with van der Waals surface area (Å²) in [6, 6.07) is -0.495. The molecule has 3 N–H and O–H groups in total. The van der Waals surface area contributed by atoms with Crippen LogP contribution < -0.4 is 10.6 Å². The van der Waals surface area contributed by atoms with Gasteiger partial charge in [-0.3, -0.25) is 9.59 Å². The van der Waals surface area contributed by atoms with Crippen molar-refractivity contribution in [2.75, 3.05) is 6.54 Å². The van der Waals surface area contributed by atoms with E-state index in [-0.39, 0.29) is 18.0 Å². The largest absolute Gasteiger partial charge is 0.481 e. The van der Waals surface area contributed by atoms with Crippen LogP contribution in [0, 0.1) is 5.92 Å². The van der Waals surface area contributed by atoms with Crippen LogP contribution >= 0.6 is 0 Å². The van der Waals surface area contributed by atoms with Crippen molar-refractivity contribution in [2.24, 2.45) is 5.92 Å². The van der Waals surface area contributed by atoms with Crippen molar-refractivity contribution in [3.63, 3.8) is 0 Å². The molecule has 1 heterocycles. The van der Waals surface area contributed by atoms with Gasteiger partial charge in [-0.25, -0.2) is 0 Å². The van der Waals surface area contributed by atoms with Crippen molar-refractivity contribution >= 4 is 11.9 Å². The molecular formula is C11H20N2O3. The fraction of sp³-hybridized carbons (Fsp3) is 0.818. The molecule has 1 saturated heterocycles. The van der Waals surface area contributed by atoms with E-state index in [4.69, 9.17) is 5.11 Å². The Bertz CT molecular complexity index is 262. The lowest BCUT2D eigenvalue weighted by atomic mass is 10.0. The topological polar surface area (TPSA) is 78.4 Å². The van der Waals surface area contributed by atoms with Crippen LogP contribution in [0.3, 0.4) is 0 Å². The SMILES string of the molecule is CC(NC(=O)[C@H]1CCCCN1)C(C)C(=O)O. The quantitative estimate of drug-likeness (QED) is 0.649. The van der Waals surface area contributed by atoms with E-state index in [9.17, 15) is 9.59 Å². The molecule has 0 aromatic heterocycles. The number of rotatable bonds is 4. The van der Waals surface area contributed by atoms with E-state index >= 15 is 0 Å². The fourth-order valence-electron chi connectivity index (χ4n) is 1.74.